The number of carbonyl (C=O) groups is 1. The van der Waals surface area contributed by atoms with Crippen molar-refractivity contribution in [1.82, 2.24) is 4.90 Å². The van der Waals surface area contributed by atoms with Crippen LogP contribution >= 0.6 is 0 Å². The Kier molecular flexibility index (Phi) is 5.15. The highest BCUT2D eigenvalue weighted by molar-refractivity contribution is 5.70. The standard InChI is InChI=1S/C19H29NO2/c1-6-10-16-14(2)13-17(15-11-8-7-9-12-15)20(16)18(21)22-19(3,4)5/h7-9,11-12,14,16-17H,6,10,13H2,1-5H3/t14-,16-,17-/m0/s1. The Bertz CT molecular complexity index is 492. The van der Waals surface area contributed by atoms with E-state index in [0.717, 1.165) is 19.3 Å². The number of ether oxygens (including phenoxy) is 1. The molecular weight excluding hydrogens is 274 g/mol. The predicted octanol–water partition coefficient (Wildman–Crippen LogP) is 5.17. The van der Waals surface area contributed by atoms with Gasteiger partial charge in [-0.1, -0.05) is 50.6 Å². The van der Waals surface area contributed by atoms with Crippen LogP contribution in [-0.4, -0.2) is 22.6 Å². The topological polar surface area (TPSA) is 29.5 Å². The summed E-state index contributed by atoms with van der Waals surface area (Å²) in [7, 11) is 0. The van der Waals surface area contributed by atoms with E-state index < -0.39 is 5.60 Å². The van der Waals surface area contributed by atoms with Crippen LogP contribution in [0.15, 0.2) is 30.3 Å². The van der Waals surface area contributed by atoms with E-state index >= 15 is 0 Å². The van der Waals surface area contributed by atoms with E-state index in [-0.39, 0.29) is 18.2 Å². The Labute approximate surface area is 134 Å². The lowest BCUT2D eigenvalue weighted by Crippen LogP contribution is -2.42. The van der Waals surface area contributed by atoms with Gasteiger partial charge in [-0.15, -0.1) is 0 Å². The maximum Gasteiger partial charge on any atom is 0.411 e. The van der Waals surface area contributed by atoms with Gasteiger partial charge in [-0.05, 0) is 45.1 Å². The van der Waals surface area contributed by atoms with Gasteiger partial charge in [0.2, 0.25) is 0 Å². The monoisotopic (exact) mass is 303 g/mol. The molecule has 1 aromatic carbocycles. The molecule has 0 unspecified atom stereocenters. The van der Waals surface area contributed by atoms with E-state index in [1.807, 2.05) is 43.9 Å². The van der Waals surface area contributed by atoms with Gasteiger partial charge in [0.05, 0.1) is 6.04 Å². The summed E-state index contributed by atoms with van der Waals surface area (Å²) in [5.74, 6) is 0.498. The van der Waals surface area contributed by atoms with Crippen LogP contribution in [0.2, 0.25) is 0 Å². The first-order valence-electron chi connectivity index (χ1n) is 8.39. The molecule has 1 amide bonds. The number of carbonyl (C=O) groups excluding carboxylic acids is 1. The fourth-order valence-corrected chi connectivity index (χ4v) is 3.40. The summed E-state index contributed by atoms with van der Waals surface area (Å²) < 4.78 is 5.69. The van der Waals surface area contributed by atoms with Gasteiger partial charge < -0.3 is 4.74 Å². The van der Waals surface area contributed by atoms with Crippen LogP contribution in [-0.2, 0) is 4.74 Å². The summed E-state index contributed by atoms with van der Waals surface area (Å²) in [4.78, 5) is 14.8. The van der Waals surface area contributed by atoms with Crippen LogP contribution in [0, 0.1) is 5.92 Å². The lowest BCUT2D eigenvalue weighted by atomic mass is 9.96. The summed E-state index contributed by atoms with van der Waals surface area (Å²) in [6.45, 7) is 10.2. The van der Waals surface area contributed by atoms with E-state index in [1.165, 1.54) is 5.56 Å². The van der Waals surface area contributed by atoms with Crippen molar-refractivity contribution in [2.75, 3.05) is 0 Å². The molecule has 2 rings (SSSR count). The Morgan fingerprint density at radius 2 is 1.91 bits per heavy atom. The molecule has 0 spiro atoms. The molecule has 1 aliphatic heterocycles. The molecule has 0 bridgehead atoms. The van der Waals surface area contributed by atoms with Gasteiger partial charge in [0.1, 0.15) is 5.60 Å². The minimum atomic E-state index is -0.457. The molecule has 0 aromatic heterocycles. The average Bonchev–Trinajstić information content (AvgIpc) is 2.76. The second-order valence-corrected chi connectivity index (χ2v) is 7.38. The maximum absolute atomic E-state index is 12.8. The Balaban J connectivity index is 2.29. The Hall–Kier alpha value is -1.51. The highest BCUT2D eigenvalue weighted by Crippen LogP contribution is 2.42. The van der Waals surface area contributed by atoms with Crippen LogP contribution in [0.1, 0.15) is 65.5 Å². The largest absolute Gasteiger partial charge is 0.444 e. The molecule has 1 aromatic rings. The fourth-order valence-electron chi connectivity index (χ4n) is 3.40. The molecule has 1 saturated heterocycles. The van der Waals surface area contributed by atoms with Crippen LogP contribution in [0.3, 0.4) is 0 Å². The van der Waals surface area contributed by atoms with Gasteiger partial charge >= 0.3 is 6.09 Å². The first-order valence-corrected chi connectivity index (χ1v) is 8.39. The fraction of sp³-hybridized carbons (Fsp3) is 0.632. The van der Waals surface area contributed by atoms with Crippen LogP contribution < -0.4 is 0 Å². The van der Waals surface area contributed by atoms with Crippen LogP contribution in [0.5, 0.6) is 0 Å². The molecule has 3 atom stereocenters. The van der Waals surface area contributed by atoms with Crippen molar-refractivity contribution in [2.24, 2.45) is 5.92 Å². The van der Waals surface area contributed by atoms with Gasteiger partial charge in [-0.25, -0.2) is 4.79 Å². The third-order valence-electron chi connectivity index (χ3n) is 4.32. The van der Waals surface area contributed by atoms with Crippen molar-refractivity contribution in [2.45, 2.75) is 71.6 Å². The maximum atomic E-state index is 12.8. The number of rotatable bonds is 3. The third kappa shape index (κ3) is 3.82. The number of likely N-dealkylation sites (tertiary alicyclic amines) is 1. The Morgan fingerprint density at radius 1 is 1.27 bits per heavy atom. The number of hydrogen-bond acceptors (Lipinski definition) is 2. The van der Waals surface area contributed by atoms with Crippen LogP contribution in [0.25, 0.3) is 0 Å². The van der Waals surface area contributed by atoms with Crippen molar-refractivity contribution in [3.8, 4) is 0 Å². The lowest BCUT2D eigenvalue weighted by molar-refractivity contribution is 0.0121. The normalized spacial score (nSPS) is 25.3. The van der Waals surface area contributed by atoms with E-state index in [2.05, 4.69) is 26.0 Å². The van der Waals surface area contributed by atoms with E-state index in [0.29, 0.717) is 5.92 Å². The summed E-state index contributed by atoms with van der Waals surface area (Å²) in [6.07, 6.45) is 2.94. The predicted molar refractivity (Wildman–Crippen MR) is 89.7 cm³/mol. The third-order valence-corrected chi connectivity index (χ3v) is 4.32. The molecule has 3 nitrogen and oxygen atoms in total. The molecule has 0 N–H and O–H groups in total. The second-order valence-electron chi connectivity index (χ2n) is 7.38. The number of benzene rings is 1. The van der Waals surface area contributed by atoms with Gasteiger partial charge in [-0.2, -0.15) is 0 Å². The molecule has 0 radical (unpaired) electrons. The lowest BCUT2D eigenvalue weighted by Gasteiger charge is -2.33. The van der Waals surface area contributed by atoms with E-state index in [1.54, 1.807) is 0 Å². The molecule has 0 aliphatic carbocycles. The van der Waals surface area contributed by atoms with E-state index in [4.69, 9.17) is 4.74 Å². The smallest absolute Gasteiger partial charge is 0.411 e. The van der Waals surface area contributed by atoms with Crippen molar-refractivity contribution in [1.29, 1.82) is 0 Å². The minimum absolute atomic E-state index is 0.127. The molecule has 0 saturated carbocycles. The zero-order valence-corrected chi connectivity index (χ0v) is 14.5. The molecule has 22 heavy (non-hydrogen) atoms. The highest BCUT2D eigenvalue weighted by atomic mass is 16.6. The van der Waals surface area contributed by atoms with Gasteiger partial charge in [-0.3, -0.25) is 4.90 Å². The average molecular weight is 303 g/mol. The van der Waals surface area contributed by atoms with E-state index in [9.17, 15) is 4.79 Å². The van der Waals surface area contributed by atoms with Crippen molar-refractivity contribution in [3.05, 3.63) is 35.9 Å². The summed E-state index contributed by atoms with van der Waals surface area (Å²) >= 11 is 0. The summed E-state index contributed by atoms with van der Waals surface area (Å²) in [5.41, 5.74) is 0.750. The van der Waals surface area contributed by atoms with Crippen molar-refractivity contribution >= 4 is 6.09 Å². The molecule has 3 heteroatoms. The molecular formula is C19H29NO2. The number of nitrogens with zero attached hydrogens (tertiary/aromatic N) is 1. The van der Waals surface area contributed by atoms with Crippen molar-refractivity contribution in [3.63, 3.8) is 0 Å². The SMILES string of the molecule is CCC[C@H]1[C@@H](C)C[C@@H](c2ccccc2)N1C(=O)OC(C)(C)C. The van der Waals surface area contributed by atoms with Gasteiger partial charge in [0, 0.05) is 6.04 Å². The molecule has 1 fully saturated rings. The first-order chi connectivity index (χ1) is 10.3. The quantitative estimate of drug-likeness (QED) is 0.770. The highest BCUT2D eigenvalue weighted by Gasteiger charge is 2.43. The molecule has 1 aliphatic rings. The first kappa shape index (κ1) is 16.9. The van der Waals surface area contributed by atoms with Crippen LogP contribution in [0.4, 0.5) is 4.79 Å². The summed E-state index contributed by atoms with van der Waals surface area (Å²) in [6, 6.07) is 10.7. The Morgan fingerprint density at radius 3 is 2.45 bits per heavy atom. The number of hydrogen-bond donors (Lipinski definition) is 0. The van der Waals surface area contributed by atoms with Crippen molar-refractivity contribution < 1.29 is 9.53 Å². The van der Waals surface area contributed by atoms with Gasteiger partial charge in [0.15, 0.2) is 0 Å². The molecule has 122 valence electrons. The van der Waals surface area contributed by atoms with Gasteiger partial charge in [0.25, 0.3) is 0 Å². The zero-order valence-electron chi connectivity index (χ0n) is 14.5. The number of amides is 1. The summed E-state index contributed by atoms with van der Waals surface area (Å²) in [5, 5.41) is 0. The minimum Gasteiger partial charge on any atom is -0.444 e. The molecule has 1 heterocycles. The second kappa shape index (κ2) is 6.72. The zero-order chi connectivity index (χ0) is 16.3.